The molecule has 0 fully saturated rings. The average molecular weight is 197 g/mol. The van der Waals surface area contributed by atoms with Gasteiger partial charge in [-0.3, -0.25) is 0 Å². The van der Waals surface area contributed by atoms with E-state index in [1.807, 2.05) is 0 Å². The Morgan fingerprint density at radius 1 is 1.62 bits per heavy atom. The van der Waals surface area contributed by atoms with Crippen molar-refractivity contribution in [2.75, 3.05) is 5.73 Å². The summed E-state index contributed by atoms with van der Waals surface area (Å²) in [5.41, 5.74) is 5.57. The van der Waals surface area contributed by atoms with Crippen molar-refractivity contribution < 1.29 is 9.90 Å². The highest BCUT2D eigenvalue weighted by Crippen LogP contribution is 2.22. The van der Waals surface area contributed by atoms with E-state index in [4.69, 9.17) is 27.7 Å². The van der Waals surface area contributed by atoms with E-state index in [0.717, 1.165) is 6.07 Å². The number of nitriles is 1. The zero-order valence-electron chi connectivity index (χ0n) is 6.41. The van der Waals surface area contributed by atoms with Gasteiger partial charge in [0.2, 0.25) is 0 Å². The van der Waals surface area contributed by atoms with E-state index in [2.05, 4.69) is 0 Å². The number of carbonyl (C=O) groups is 1. The second-order valence-electron chi connectivity index (χ2n) is 2.34. The molecule has 0 radical (unpaired) electrons. The summed E-state index contributed by atoms with van der Waals surface area (Å²) in [4.78, 5) is 10.6. The molecule has 0 amide bonds. The predicted molar refractivity (Wildman–Crippen MR) is 47.5 cm³/mol. The molecule has 0 aliphatic heterocycles. The summed E-state index contributed by atoms with van der Waals surface area (Å²) < 4.78 is 0. The molecule has 0 atom stereocenters. The van der Waals surface area contributed by atoms with Gasteiger partial charge in [0.25, 0.3) is 0 Å². The number of nitrogens with two attached hydrogens (primary N) is 1. The van der Waals surface area contributed by atoms with Crippen LogP contribution in [-0.4, -0.2) is 11.1 Å². The van der Waals surface area contributed by atoms with E-state index in [-0.39, 0.29) is 21.8 Å². The quantitative estimate of drug-likeness (QED) is 0.667. The van der Waals surface area contributed by atoms with Gasteiger partial charge in [-0.15, -0.1) is 0 Å². The molecule has 5 heteroatoms. The Hall–Kier alpha value is -1.73. The van der Waals surface area contributed by atoms with Crippen LogP contribution in [0.25, 0.3) is 0 Å². The number of rotatable bonds is 1. The summed E-state index contributed by atoms with van der Waals surface area (Å²) >= 11 is 5.58. The highest BCUT2D eigenvalue weighted by Gasteiger charge is 2.11. The minimum atomic E-state index is -1.18. The molecule has 66 valence electrons. The van der Waals surface area contributed by atoms with Gasteiger partial charge in [0.15, 0.2) is 0 Å². The second-order valence-corrected chi connectivity index (χ2v) is 2.74. The van der Waals surface area contributed by atoms with E-state index >= 15 is 0 Å². The molecular weight excluding hydrogens is 192 g/mol. The maximum Gasteiger partial charge on any atom is 0.337 e. The lowest BCUT2D eigenvalue weighted by Crippen LogP contribution is -2.00. The number of carboxylic acid groups (broad SMARTS) is 1. The fraction of sp³-hybridized carbons (Fsp3) is 0. The van der Waals surface area contributed by atoms with Gasteiger partial charge in [-0.05, 0) is 12.1 Å². The molecule has 4 nitrogen and oxygen atoms in total. The molecule has 0 spiro atoms. The number of benzene rings is 1. The van der Waals surface area contributed by atoms with Gasteiger partial charge in [-0.1, -0.05) is 11.6 Å². The first-order chi connectivity index (χ1) is 6.06. The van der Waals surface area contributed by atoms with Crippen LogP contribution in [0.3, 0.4) is 0 Å². The maximum atomic E-state index is 10.6. The van der Waals surface area contributed by atoms with E-state index in [1.54, 1.807) is 6.07 Å². The van der Waals surface area contributed by atoms with Crippen molar-refractivity contribution in [3.63, 3.8) is 0 Å². The highest BCUT2D eigenvalue weighted by molar-refractivity contribution is 6.33. The van der Waals surface area contributed by atoms with Crippen LogP contribution < -0.4 is 5.73 Å². The molecule has 1 rings (SSSR count). The van der Waals surface area contributed by atoms with Crippen molar-refractivity contribution in [2.24, 2.45) is 0 Å². The van der Waals surface area contributed by atoms with E-state index in [1.165, 1.54) is 6.07 Å². The molecule has 0 aliphatic carbocycles. The van der Waals surface area contributed by atoms with Crippen LogP contribution in [0.15, 0.2) is 12.1 Å². The third-order valence-corrected chi connectivity index (χ3v) is 1.80. The Morgan fingerprint density at radius 2 is 2.23 bits per heavy atom. The summed E-state index contributed by atoms with van der Waals surface area (Å²) in [6.07, 6.45) is 0. The Balaban J connectivity index is 3.41. The number of anilines is 1. The summed E-state index contributed by atoms with van der Waals surface area (Å²) in [5, 5.41) is 17.2. The molecule has 0 unspecified atom stereocenters. The van der Waals surface area contributed by atoms with Crippen molar-refractivity contribution >= 4 is 23.3 Å². The van der Waals surface area contributed by atoms with E-state index in [0.29, 0.717) is 0 Å². The Kier molecular flexibility index (Phi) is 2.40. The van der Waals surface area contributed by atoms with Gasteiger partial charge >= 0.3 is 5.97 Å². The van der Waals surface area contributed by atoms with Crippen LogP contribution in [0.5, 0.6) is 0 Å². The van der Waals surface area contributed by atoms with Crippen LogP contribution in [0, 0.1) is 11.3 Å². The van der Waals surface area contributed by atoms with Crippen molar-refractivity contribution in [1.82, 2.24) is 0 Å². The monoisotopic (exact) mass is 196 g/mol. The largest absolute Gasteiger partial charge is 0.478 e. The molecule has 13 heavy (non-hydrogen) atoms. The SMILES string of the molecule is N#Cc1cc(C(=O)O)c(Cl)cc1N. The minimum absolute atomic E-state index is 0.0315. The lowest BCUT2D eigenvalue weighted by molar-refractivity contribution is 0.0697. The van der Waals surface area contributed by atoms with Gasteiger partial charge < -0.3 is 10.8 Å². The number of hydrogen-bond donors (Lipinski definition) is 2. The van der Waals surface area contributed by atoms with Crippen molar-refractivity contribution in [3.05, 3.63) is 28.3 Å². The third-order valence-electron chi connectivity index (χ3n) is 1.49. The molecule has 1 aromatic rings. The van der Waals surface area contributed by atoms with Crippen LogP contribution in [0.2, 0.25) is 5.02 Å². The van der Waals surface area contributed by atoms with Crippen molar-refractivity contribution in [1.29, 1.82) is 5.26 Å². The molecule has 0 saturated carbocycles. The molecular formula is C8H5ClN2O2. The van der Waals surface area contributed by atoms with Gasteiger partial charge in [0, 0.05) is 0 Å². The fourth-order valence-corrected chi connectivity index (χ4v) is 1.10. The lowest BCUT2D eigenvalue weighted by Gasteiger charge is -2.01. The zero-order valence-corrected chi connectivity index (χ0v) is 7.17. The van der Waals surface area contributed by atoms with Crippen LogP contribution in [0.4, 0.5) is 5.69 Å². The minimum Gasteiger partial charge on any atom is -0.478 e. The molecule has 3 N–H and O–H groups in total. The van der Waals surface area contributed by atoms with E-state index < -0.39 is 5.97 Å². The van der Waals surface area contributed by atoms with Crippen LogP contribution in [-0.2, 0) is 0 Å². The molecule has 0 saturated heterocycles. The zero-order chi connectivity index (χ0) is 10.0. The summed E-state index contributed by atoms with van der Waals surface area (Å²) in [6, 6.07) is 4.18. The first-order valence-electron chi connectivity index (χ1n) is 3.28. The smallest absolute Gasteiger partial charge is 0.337 e. The number of carboxylic acids is 1. The van der Waals surface area contributed by atoms with Crippen molar-refractivity contribution in [3.8, 4) is 6.07 Å². The summed E-state index contributed by atoms with van der Waals surface area (Å²) in [5.74, 6) is -1.18. The molecule has 1 aromatic carbocycles. The Bertz CT molecular complexity index is 409. The average Bonchev–Trinajstić information content (AvgIpc) is 2.03. The lowest BCUT2D eigenvalue weighted by atomic mass is 10.1. The summed E-state index contributed by atoms with van der Waals surface area (Å²) in [6.45, 7) is 0. The highest BCUT2D eigenvalue weighted by atomic mass is 35.5. The standard InChI is InChI=1S/C8H5ClN2O2/c9-6-2-7(11)4(3-10)1-5(6)8(12)13/h1-2H,11H2,(H,12,13). The number of hydrogen-bond acceptors (Lipinski definition) is 3. The maximum absolute atomic E-state index is 10.6. The number of aromatic carboxylic acids is 1. The number of halogens is 1. The Labute approximate surface area is 79.2 Å². The second kappa shape index (κ2) is 3.33. The molecule has 0 aliphatic rings. The van der Waals surface area contributed by atoms with Crippen LogP contribution >= 0.6 is 11.6 Å². The summed E-state index contributed by atoms with van der Waals surface area (Å²) in [7, 11) is 0. The third kappa shape index (κ3) is 1.71. The Morgan fingerprint density at radius 3 is 2.69 bits per heavy atom. The van der Waals surface area contributed by atoms with Gasteiger partial charge in [-0.2, -0.15) is 5.26 Å². The van der Waals surface area contributed by atoms with E-state index in [9.17, 15) is 4.79 Å². The number of nitrogen functional groups attached to an aromatic ring is 1. The molecule has 0 bridgehead atoms. The van der Waals surface area contributed by atoms with Gasteiger partial charge in [-0.25, -0.2) is 4.79 Å². The first kappa shape index (κ1) is 9.36. The van der Waals surface area contributed by atoms with Crippen molar-refractivity contribution in [2.45, 2.75) is 0 Å². The first-order valence-corrected chi connectivity index (χ1v) is 3.66. The molecule has 0 aromatic heterocycles. The normalized spacial score (nSPS) is 9.23. The topological polar surface area (TPSA) is 87.1 Å². The fourth-order valence-electron chi connectivity index (χ4n) is 0.849. The van der Waals surface area contributed by atoms with Crippen LogP contribution in [0.1, 0.15) is 15.9 Å². The predicted octanol–water partition coefficient (Wildman–Crippen LogP) is 1.49. The molecule has 0 heterocycles. The number of nitrogens with zero attached hydrogens (tertiary/aromatic N) is 1. The van der Waals surface area contributed by atoms with Gasteiger partial charge in [0.1, 0.15) is 6.07 Å². The van der Waals surface area contributed by atoms with Gasteiger partial charge in [0.05, 0.1) is 21.8 Å².